The van der Waals surface area contributed by atoms with Gasteiger partial charge >= 0.3 is 6.03 Å². The van der Waals surface area contributed by atoms with Gasteiger partial charge in [0, 0.05) is 18.3 Å². The molecule has 2 rings (SSSR count). The average molecular weight is 287 g/mol. The zero-order valence-corrected chi connectivity index (χ0v) is 12.2. The van der Waals surface area contributed by atoms with Gasteiger partial charge in [-0.2, -0.15) is 5.10 Å². The smallest absolute Gasteiger partial charge is 0.320 e. The lowest BCUT2D eigenvalue weighted by atomic mass is 10.1. The summed E-state index contributed by atoms with van der Waals surface area (Å²) >= 11 is 0. The molecule has 0 saturated carbocycles. The van der Waals surface area contributed by atoms with Gasteiger partial charge in [0.05, 0.1) is 6.54 Å². The minimum absolute atomic E-state index is 0.00929. The van der Waals surface area contributed by atoms with Crippen molar-refractivity contribution < 1.29 is 9.59 Å². The molecule has 0 aliphatic carbocycles. The molecule has 1 aromatic heterocycles. The Morgan fingerprint density at radius 3 is 2.48 bits per heavy atom. The van der Waals surface area contributed by atoms with E-state index in [9.17, 15) is 9.59 Å². The molecule has 1 aromatic carbocycles. The first-order chi connectivity index (χ1) is 9.95. The van der Waals surface area contributed by atoms with Crippen LogP contribution in [0.1, 0.15) is 28.9 Å². The lowest BCUT2D eigenvalue weighted by molar-refractivity contribution is 0.101. The highest BCUT2D eigenvalue weighted by atomic mass is 16.2. The molecule has 21 heavy (non-hydrogen) atoms. The zero-order chi connectivity index (χ0) is 15.4. The summed E-state index contributed by atoms with van der Waals surface area (Å²) in [4.78, 5) is 28.8. The van der Waals surface area contributed by atoms with E-state index in [1.165, 1.54) is 11.8 Å². The molecule has 7 nitrogen and oxygen atoms in total. The van der Waals surface area contributed by atoms with Crippen LogP contribution >= 0.6 is 0 Å². The first-order valence-corrected chi connectivity index (χ1v) is 6.46. The fraction of sp³-hybridized carbons (Fsp3) is 0.286. The van der Waals surface area contributed by atoms with Gasteiger partial charge in [-0.1, -0.05) is 0 Å². The summed E-state index contributed by atoms with van der Waals surface area (Å²) in [5.41, 5.74) is 1.24. The topological polar surface area (TPSA) is 91.0 Å². The van der Waals surface area contributed by atoms with E-state index in [1.54, 1.807) is 38.2 Å². The number of aromatic nitrogens is 3. The molecule has 0 aliphatic heterocycles. The number of rotatable bonds is 4. The van der Waals surface area contributed by atoms with Crippen LogP contribution in [0.15, 0.2) is 24.3 Å². The molecule has 0 atom stereocenters. The van der Waals surface area contributed by atoms with Crippen molar-refractivity contribution in [2.24, 2.45) is 0 Å². The summed E-state index contributed by atoms with van der Waals surface area (Å²) in [5, 5.41) is 9.45. The summed E-state index contributed by atoms with van der Waals surface area (Å²) < 4.78 is 0. The number of carbonyl (C=O) groups is 2. The van der Waals surface area contributed by atoms with Crippen LogP contribution in [0.2, 0.25) is 0 Å². The van der Waals surface area contributed by atoms with Crippen LogP contribution in [0.5, 0.6) is 0 Å². The number of benzene rings is 1. The standard InChI is InChI=1S/C14H17N5O2/c1-9(20)11-4-6-12(7-5-11)16-14(21)19(3)8-13-15-10(2)17-18-13/h4-7H,8H2,1-3H3,(H,16,21)(H,15,17,18). The van der Waals surface area contributed by atoms with E-state index in [2.05, 4.69) is 20.5 Å². The molecule has 0 bridgehead atoms. The van der Waals surface area contributed by atoms with Crippen molar-refractivity contribution in [3.63, 3.8) is 0 Å². The maximum absolute atomic E-state index is 12.0. The largest absolute Gasteiger partial charge is 0.321 e. The maximum atomic E-state index is 12.0. The van der Waals surface area contributed by atoms with E-state index in [1.807, 2.05) is 0 Å². The zero-order valence-electron chi connectivity index (χ0n) is 12.2. The summed E-state index contributed by atoms with van der Waals surface area (Å²) in [5.74, 6) is 1.25. The molecule has 2 amide bonds. The van der Waals surface area contributed by atoms with E-state index in [0.29, 0.717) is 29.4 Å². The molecule has 0 aliphatic rings. The van der Waals surface area contributed by atoms with Crippen LogP contribution in [0, 0.1) is 6.92 Å². The van der Waals surface area contributed by atoms with Gasteiger partial charge in [0.25, 0.3) is 0 Å². The van der Waals surface area contributed by atoms with Crippen molar-refractivity contribution in [1.82, 2.24) is 20.1 Å². The Morgan fingerprint density at radius 2 is 1.95 bits per heavy atom. The highest BCUT2D eigenvalue weighted by Crippen LogP contribution is 2.11. The number of nitrogens with one attached hydrogen (secondary N) is 2. The van der Waals surface area contributed by atoms with Gasteiger partial charge in [0.1, 0.15) is 5.82 Å². The number of hydrogen-bond donors (Lipinski definition) is 2. The lowest BCUT2D eigenvalue weighted by Crippen LogP contribution is -2.31. The molecule has 0 unspecified atom stereocenters. The van der Waals surface area contributed by atoms with Crippen molar-refractivity contribution in [3.8, 4) is 0 Å². The number of carbonyl (C=O) groups excluding carboxylic acids is 2. The third-order valence-electron chi connectivity index (χ3n) is 2.91. The molecular formula is C14H17N5O2. The van der Waals surface area contributed by atoms with Crippen LogP contribution < -0.4 is 5.32 Å². The van der Waals surface area contributed by atoms with Crippen molar-refractivity contribution in [3.05, 3.63) is 41.5 Å². The van der Waals surface area contributed by atoms with Gasteiger partial charge in [-0.25, -0.2) is 9.78 Å². The third kappa shape index (κ3) is 3.88. The van der Waals surface area contributed by atoms with Crippen LogP contribution in [0.3, 0.4) is 0 Å². The van der Waals surface area contributed by atoms with E-state index in [4.69, 9.17) is 0 Å². The molecule has 2 N–H and O–H groups in total. The third-order valence-corrected chi connectivity index (χ3v) is 2.91. The second-order valence-corrected chi connectivity index (χ2v) is 4.76. The summed E-state index contributed by atoms with van der Waals surface area (Å²) in [7, 11) is 1.66. The number of anilines is 1. The van der Waals surface area contributed by atoms with Gasteiger partial charge in [0.2, 0.25) is 0 Å². The van der Waals surface area contributed by atoms with Crippen LogP contribution in [-0.2, 0) is 6.54 Å². The summed E-state index contributed by atoms with van der Waals surface area (Å²) in [6, 6.07) is 6.47. The number of H-pyrrole nitrogens is 1. The van der Waals surface area contributed by atoms with Gasteiger partial charge < -0.3 is 10.2 Å². The Hall–Kier alpha value is -2.70. The first-order valence-electron chi connectivity index (χ1n) is 6.46. The Labute approximate surface area is 122 Å². The molecular weight excluding hydrogens is 270 g/mol. The first kappa shape index (κ1) is 14.7. The van der Waals surface area contributed by atoms with Gasteiger partial charge in [-0.15, -0.1) is 0 Å². The number of aryl methyl sites for hydroxylation is 1. The molecule has 110 valence electrons. The van der Waals surface area contributed by atoms with Gasteiger partial charge in [-0.3, -0.25) is 9.89 Å². The van der Waals surface area contributed by atoms with Crippen molar-refractivity contribution in [2.75, 3.05) is 12.4 Å². The number of ketones is 1. The quantitative estimate of drug-likeness (QED) is 0.841. The summed E-state index contributed by atoms with van der Waals surface area (Å²) in [6.07, 6.45) is 0. The van der Waals surface area contributed by atoms with Crippen LogP contribution in [0.4, 0.5) is 10.5 Å². The maximum Gasteiger partial charge on any atom is 0.321 e. The Kier molecular flexibility index (Phi) is 4.32. The predicted octanol–water partition coefficient (Wildman–Crippen LogP) is 1.98. The molecule has 7 heteroatoms. The predicted molar refractivity (Wildman–Crippen MR) is 78.1 cm³/mol. The molecule has 1 heterocycles. The molecule has 0 saturated heterocycles. The van der Waals surface area contributed by atoms with Crippen LogP contribution in [0.25, 0.3) is 0 Å². The monoisotopic (exact) mass is 287 g/mol. The number of urea groups is 1. The van der Waals surface area contributed by atoms with Gasteiger partial charge in [-0.05, 0) is 38.1 Å². The van der Waals surface area contributed by atoms with Gasteiger partial charge in [0.15, 0.2) is 11.6 Å². The minimum Gasteiger partial charge on any atom is -0.320 e. The van der Waals surface area contributed by atoms with Crippen LogP contribution in [-0.4, -0.2) is 38.9 Å². The number of Topliss-reactive ketones (excluding diaryl/α,β-unsaturated/α-hetero) is 1. The lowest BCUT2D eigenvalue weighted by Gasteiger charge is -2.16. The second-order valence-electron chi connectivity index (χ2n) is 4.76. The van der Waals surface area contributed by atoms with Crippen molar-refractivity contribution in [1.29, 1.82) is 0 Å². The highest BCUT2D eigenvalue weighted by Gasteiger charge is 2.12. The Bertz CT molecular complexity index is 648. The molecule has 2 aromatic rings. The SMILES string of the molecule is CC(=O)c1ccc(NC(=O)N(C)Cc2n[nH]c(C)n2)cc1. The van der Waals surface area contributed by atoms with E-state index < -0.39 is 0 Å². The number of hydrogen-bond acceptors (Lipinski definition) is 4. The van der Waals surface area contributed by atoms with E-state index in [0.717, 1.165) is 0 Å². The van der Waals surface area contributed by atoms with E-state index >= 15 is 0 Å². The number of nitrogens with zero attached hydrogens (tertiary/aromatic N) is 3. The molecule has 0 fully saturated rings. The van der Waals surface area contributed by atoms with Crippen molar-refractivity contribution in [2.45, 2.75) is 20.4 Å². The normalized spacial score (nSPS) is 10.2. The average Bonchev–Trinajstić information content (AvgIpc) is 2.84. The Balaban J connectivity index is 1.95. The Morgan fingerprint density at radius 1 is 1.29 bits per heavy atom. The fourth-order valence-electron chi connectivity index (χ4n) is 1.75. The number of aromatic amines is 1. The number of amides is 2. The molecule has 0 spiro atoms. The van der Waals surface area contributed by atoms with E-state index in [-0.39, 0.29) is 11.8 Å². The summed E-state index contributed by atoms with van der Waals surface area (Å²) in [6.45, 7) is 3.61. The minimum atomic E-state index is -0.270. The highest BCUT2D eigenvalue weighted by molar-refractivity contribution is 5.95. The molecule has 0 radical (unpaired) electrons. The second kappa shape index (κ2) is 6.17. The van der Waals surface area contributed by atoms with Crippen molar-refractivity contribution >= 4 is 17.5 Å². The fourth-order valence-corrected chi connectivity index (χ4v) is 1.75.